The van der Waals surface area contributed by atoms with Gasteiger partial charge >= 0.3 is 0 Å². The summed E-state index contributed by atoms with van der Waals surface area (Å²) in [5.41, 5.74) is 1.26. The normalized spacial score (nSPS) is 13.1. The molecule has 4 heteroatoms. The average molecular weight is 280 g/mol. The Morgan fingerprint density at radius 3 is 2.86 bits per heavy atom. The molecule has 80 valence electrons. The van der Waals surface area contributed by atoms with Crippen LogP contribution >= 0.6 is 27.5 Å². The second-order valence-electron chi connectivity index (χ2n) is 3.30. The zero-order valence-electron chi connectivity index (χ0n) is 8.63. The molecule has 0 aliphatic carbocycles. The van der Waals surface area contributed by atoms with Gasteiger partial charge in [0.2, 0.25) is 0 Å². The van der Waals surface area contributed by atoms with Crippen LogP contribution in [0.25, 0.3) is 0 Å². The van der Waals surface area contributed by atoms with Gasteiger partial charge in [-0.3, -0.25) is 4.68 Å². The van der Waals surface area contributed by atoms with Crippen LogP contribution in [0, 0.1) is 0 Å². The molecular weight excluding hydrogens is 263 g/mol. The van der Waals surface area contributed by atoms with Gasteiger partial charge in [-0.25, -0.2) is 0 Å². The maximum absolute atomic E-state index is 6.09. The van der Waals surface area contributed by atoms with Crippen LogP contribution in [0.2, 0.25) is 0 Å². The van der Waals surface area contributed by atoms with E-state index in [0.717, 1.165) is 30.3 Å². The quantitative estimate of drug-likeness (QED) is 0.753. The van der Waals surface area contributed by atoms with Crippen LogP contribution in [0.1, 0.15) is 32.4 Å². The summed E-state index contributed by atoms with van der Waals surface area (Å²) < 4.78 is 3.11. The molecule has 0 aliphatic heterocycles. The first kappa shape index (κ1) is 12.1. The fourth-order valence-corrected chi connectivity index (χ4v) is 2.01. The summed E-state index contributed by atoms with van der Waals surface area (Å²) in [7, 11) is 0. The number of rotatable bonds is 5. The fourth-order valence-electron chi connectivity index (χ4n) is 1.41. The summed E-state index contributed by atoms with van der Waals surface area (Å²) in [5.74, 6) is 0. The van der Waals surface area contributed by atoms with E-state index in [4.69, 9.17) is 11.6 Å². The zero-order chi connectivity index (χ0) is 10.6. The lowest BCUT2D eigenvalue weighted by Crippen LogP contribution is -2.06. The van der Waals surface area contributed by atoms with Crippen molar-refractivity contribution in [2.45, 2.75) is 45.0 Å². The molecule has 1 aromatic rings. The first-order chi connectivity index (χ1) is 6.69. The highest BCUT2D eigenvalue weighted by molar-refractivity contribution is 9.10. The second-order valence-corrected chi connectivity index (χ2v) is 4.77. The first-order valence-electron chi connectivity index (χ1n) is 5.03. The van der Waals surface area contributed by atoms with Gasteiger partial charge in [-0.15, -0.1) is 11.6 Å². The molecule has 1 atom stereocenters. The van der Waals surface area contributed by atoms with Crippen molar-refractivity contribution >= 4 is 27.5 Å². The van der Waals surface area contributed by atoms with Crippen LogP contribution in [0.4, 0.5) is 0 Å². The van der Waals surface area contributed by atoms with Gasteiger partial charge in [0.05, 0.1) is 16.4 Å². The Labute approximate surface area is 98.8 Å². The molecule has 1 rings (SSSR count). The molecule has 0 radical (unpaired) electrons. The molecule has 0 fully saturated rings. The molecule has 0 amide bonds. The van der Waals surface area contributed by atoms with Crippen molar-refractivity contribution in [3.05, 3.63) is 16.4 Å². The van der Waals surface area contributed by atoms with Crippen molar-refractivity contribution in [3.8, 4) is 0 Å². The Morgan fingerprint density at radius 2 is 2.29 bits per heavy atom. The van der Waals surface area contributed by atoms with E-state index in [1.807, 2.05) is 10.9 Å². The van der Waals surface area contributed by atoms with Crippen molar-refractivity contribution in [1.29, 1.82) is 0 Å². The SMILES string of the molecule is CCC(Cl)CCc1c(Br)cnn1CC. The van der Waals surface area contributed by atoms with Crippen molar-refractivity contribution in [2.75, 3.05) is 0 Å². The maximum atomic E-state index is 6.09. The molecule has 1 unspecified atom stereocenters. The van der Waals surface area contributed by atoms with Crippen LogP contribution < -0.4 is 0 Å². The van der Waals surface area contributed by atoms with Crippen LogP contribution in [-0.2, 0) is 13.0 Å². The predicted octanol–water partition coefficient (Wildman–Crippen LogP) is 3.62. The van der Waals surface area contributed by atoms with E-state index in [-0.39, 0.29) is 5.38 Å². The number of hydrogen-bond acceptors (Lipinski definition) is 1. The molecule has 0 aliphatic rings. The van der Waals surface area contributed by atoms with Crippen molar-refractivity contribution in [3.63, 3.8) is 0 Å². The largest absolute Gasteiger partial charge is 0.269 e. The fraction of sp³-hybridized carbons (Fsp3) is 0.700. The molecule has 0 aromatic carbocycles. The topological polar surface area (TPSA) is 17.8 Å². The smallest absolute Gasteiger partial charge is 0.0635 e. The number of aromatic nitrogens is 2. The second kappa shape index (κ2) is 5.76. The van der Waals surface area contributed by atoms with Gasteiger partial charge < -0.3 is 0 Å². The van der Waals surface area contributed by atoms with Crippen molar-refractivity contribution in [1.82, 2.24) is 9.78 Å². The minimum atomic E-state index is 0.280. The van der Waals surface area contributed by atoms with E-state index >= 15 is 0 Å². The third-order valence-corrected chi connectivity index (χ3v) is 3.52. The Bertz CT molecular complexity index is 286. The highest BCUT2D eigenvalue weighted by Gasteiger charge is 2.09. The van der Waals surface area contributed by atoms with Crippen LogP contribution in [-0.4, -0.2) is 15.2 Å². The van der Waals surface area contributed by atoms with Gasteiger partial charge in [0.15, 0.2) is 0 Å². The minimum Gasteiger partial charge on any atom is -0.269 e. The van der Waals surface area contributed by atoms with E-state index in [1.165, 1.54) is 5.69 Å². The summed E-state index contributed by atoms with van der Waals surface area (Å²) in [6.07, 6.45) is 4.90. The molecule has 2 nitrogen and oxygen atoms in total. The van der Waals surface area contributed by atoms with E-state index < -0.39 is 0 Å². The van der Waals surface area contributed by atoms with Crippen molar-refractivity contribution in [2.24, 2.45) is 0 Å². The van der Waals surface area contributed by atoms with Crippen LogP contribution in [0.15, 0.2) is 10.7 Å². The highest BCUT2D eigenvalue weighted by atomic mass is 79.9. The van der Waals surface area contributed by atoms with Gasteiger partial charge in [0.25, 0.3) is 0 Å². The van der Waals surface area contributed by atoms with Gasteiger partial charge in [-0.2, -0.15) is 5.10 Å². The summed E-state index contributed by atoms with van der Waals surface area (Å²) >= 11 is 9.59. The predicted molar refractivity (Wildman–Crippen MR) is 63.9 cm³/mol. The van der Waals surface area contributed by atoms with Crippen LogP contribution in [0.3, 0.4) is 0 Å². The molecule has 0 N–H and O–H groups in total. The van der Waals surface area contributed by atoms with Gasteiger partial charge in [-0.05, 0) is 42.1 Å². The molecule has 14 heavy (non-hydrogen) atoms. The number of hydrogen-bond donors (Lipinski definition) is 0. The standard InChI is InChI=1S/C10H16BrClN2/c1-3-8(12)5-6-10-9(11)7-13-14(10)4-2/h7-8H,3-6H2,1-2H3. The number of aryl methyl sites for hydroxylation is 1. The lowest BCUT2D eigenvalue weighted by atomic mass is 10.1. The van der Waals surface area contributed by atoms with Crippen LogP contribution in [0.5, 0.6) is 0 Å². The van der Waals surface area contributed by atoms with E-state index in [2.05, 4.69) is 34.9 Å². The van der Waals surface area contributed by atoms with E-state index in [1.54, 1.807) is 0 Å². The van der Waals surface area contributed by atoms with E-state index in [0.29, 0.717) is 0 Å². The van der Waals surface area contributed by atoms with Gasteiger partial charge in [-0.1, -0.05) is 6.92 Å². The number of alkyl halides is 1. The molecule has 1 heterocycles. The zero-order valence-corrected chi connectivity index (χ0v) is 11.0. The molecular formula is C10H16BrClN2. The Kier molecular flexibility index (Phi) is 4.96. The third-order valence-electron chi connectivity index (χ3n) is 2.33. The summed E-state index contributed by atoms with van der Waals surface area (Å²) in [6.45, 7) is 5.13. The lowest BCUT2D eigenvalue weighted by Gasteiger charge is -2.08. The Hall–Kier alpha value is -0.0200. The van der Waals surface area contributed by atoms with Gasteiger partial charge in [0, 0.05) is 11.9 Å². The monoisotopic (exact) mass is 278 g/mol. The Morgan fingerprint density at radius 1 is 1.57 bits per heavy atom. The van der Waals surface area contributed by atoms with Gasteiger partial charge in [0.1, 0.15) is 0 Å². The molecule has 0 spiro atoms. The number of halogens is 2. The molecule has 0 saturated carbocycles. The molecule has 0 saturated heterocycles. The minimum absolute atomic E-state index is 0.280. The average Bonchev–Trinajstić information content (AvgIpc) is 2.55. The molecule has 1 aromatic heterocycles. The van der Waals surface area contributed by atoms with Crippen molar-refractivity contribution < 1.29 is 0 Å². The summed E-state index contributed by atoms with van der Waals surface area (Å²) in [6, 6.07) is 0. The summed E-state index contributed by atoms with van der Waals surface area (Å²) in [5, 5.41) is 4.54. The van der Waals surface area contributed by atoms with E-state index in [9.17, 15) is 0 Å². The highest BCUT2D eigenvalue weighted by Crippen LogP contribution is 2.20. The Balaban J connectivity index is 2.60. The number of nitrogens with zero attached hydrogens (tertiary/aromatic N) is 2. The summed E-state index contributed by atoms with van der Waals surface area (Å²) in [4.78, 5) is 0. The third kappa shape index (κ3) is 2.99. The first-order valence-corrected chi connectivity index (χ1v) is 6.26. The maximum Gasteiger partial charge on any atom is 0.0635 e. The molecule has 0 bridgehead atoms. The lowest BCUT2D eigenvalue weighted by molar-refractivity contribution is 0.600.